The molecule has 3 rings (SSSR count). The number of hydrogen-bond acceptors (Lipinski definition) is 1. The van der Waals surface area contributed by atoms with E-state index in [1.165, 1.54) is 11.1 Å². The van der Waals surface area contributed by atoms with E-state index in [2.05, 4.69) is 25.1 Å². The smallest absolute Gasteiger partial charge is 0.226 e. The maximum atomic E-state index is 12.9. The molecule has 2 aromatic carbocycles. The number of benzene rings is 2. The Morgan fingerprint density at radius 3 is 2.42 bits per heavy atom. The van der Waals surface area contributed by atoms with Crippen molar-refractivity contribution in [1.29, 1.82) is 0 Å². The maximum Gasteiger partial charge on any atom is 0.226 e. The fourth-order valence-electron chi connectivity index (χ4n) is 3.79. The molecule has 2 aromatic rings. The van der Waals surface area contributed by atoms with Crippen molar-refractivity contribution in [3.05, 3.63) is 70.7 Å². The van der Waals surface area contributed by atoms with Crippen LogP contribution in [-0.2, 0) is 17.9 Å². The summed E-state index contributed by atoms with van der Waals surface area (Å²) < 4.78 is 0. The summed E-state index contributed by atoms with van der Waals surface area (Å²) in [6.07, 6.45) is 1.94. The van der Waals surface area contributed by atoms with Crippen molar-refractivity contribution in [2.75, 3.05) is 19.6 Å². The second-order valence-electron chi connectivity index (χ2n) is 7.17. The molecule has 26 heavy (non-hydrogen) atoms. The highest BCUT2D eigenvalue weighted by molar-refractivity contribution is 6.30. The lowest BCUT2D eigenvalue weighted by Gasteiger charge is -2.32. The van der Waals surface area contributed by atoms with Gasteiger partial charge in [0.1, 0.15) is 6.54 Å². The summed E-state index contributed by atoms with van der Waals surface area (Å²) in [7, 11) is 0. The lowest BCUT2D eigenvalue weighted by atomic mass is 9.94. The van der Waals surface area contributed by atoms with Crippen LogP contribution in [-0.4, -0.2) is 30.4 Å². The number of nitrogens with one attached hydrogen (secondary N) is 1. The molecule has 0 atom stereocenters. The van der Waals surface area contributed by atoms with Crippen molar-refractivity contribution in [3.8, 4) is 0 Å². The van der Waals surface area contributed by atoms with E-state index in [1.807, 2.05) is 41.3 Å². The first kappa shape index (κ1) is 18.9. The Kier molecular flexibility index (Phi) is 6.70. The summed E-state index contributed by atoms with van der Waals surface area (Å²) in [5.41, 5.74) is 2.48. The molecule has 1 aliphatic heterocycles. The lowest BCUT2D eigenvalue weighted by molar-refractivity contribution is -0.919. The summed E-state index contributed by atoms with van der Waals surface area (Å²) in [5, 5.41) is 0.798. The van der Waals surface area contributed by atoms with Crippen LogP contribution >= 0.6 is 11.6 Å². The van der Waals surface area contributed by atoms with Gasteiger partial charge in [-0.3, -0.25) is 4.79 Å². The van der Waals surface area contributed by atoms with Crippen molar-refractivity contribution < 1.29 is 9.69 Å². The number of piperidine rings is 1. The molecule has 0 bridgehead atoms. The van der Waals surface area contributed by atoms with Crippen LogP contribution in [0, 0.1) is 5.92 Å². The first-order chi connectivity index (χ1) is 12.7. The molecule has 0 aliphatic carbocycles. The molecular formula is C22H28ClN2O+. The molecule has 1 N–H and O–H groups in total. The quantitative estimate of drug-likeness (QED) is 0.828. The Balaban J connectivity index is 1.52. The molecule has 138 valence electrons. The lowest BCUT2D eigenvalue weighted by Crippen LogP contribution is -3.11. The van der Waals surface area contributed by atoms with E-state index in [-0.39, 0.29) is 5.92 Å². The van der Waals surface area contributed by atoms with E-state index in [0.717, 1.165) is 44.0 Å². The minimum atomic E-state index is 0.168. The first-order valence-corrected chi connectivity index (χ1v) is 9.94. The topological polar surface area (TPSA) is 24.8 Å². The molecule has 0 aromatic heterocycles. The van der Waals surface area contributed by atoms with Crippen LogP contribution in [0.2, 0.25) is 5.02 Å². The predicted octanol–water partition coefficient (Wildman–Crippen LogP) is 3.18. The SMILES string of the molecule is CCN(Cc1ccccc1)C(=O)C1CC[NH+](Cc2cccc(Cl)c2)CC1. The zero-order chi connectivity index (χ0) is 18.4. The Bertz CT molecular complexity index is 711. The minimum absolute atomic E-state index is 0.168. The van der Waals surface area contributed by atoms with Gasteiger partial charge in [-0.05, 0) is 24.6 Å². The summed E-state index contributed by atoms with van der Waals surface area (Å²) in [6.45, 7) is 6.63. The highest BCUT2D eigenvalue weighted by atomic mass is 35.5. The Hall–Kier alpha value is -1.84. The number of quaternary nitrogens is 1. The zero-order valence-corrected chi connectivity index (χ0v) is 16.2. The molecular weight excluding hydrogens is 344 g/mol. The number of likely N-dealkylation sites (tertiary alicyclic amines) is 1. The van der Waals surface area contributed by atoms with Gasteiger partial charge in [-0.2, -0.15) is 0 Å². The van der Waals surface area contributed by atoms with Gasteiger partial charge in [0.2, 0.25) is 5.91 Å². The third-order valence-corrected chi connectivity index (χ3v) is 5.53. The molecule has 0 unspecified atom stereocenters. The Labute approximate surface area is 161 Å². The van der Waals surface area contributed by atoms with Crippen LogP contribution in [0.15, 0.2) is 54.6 Å². The van der Waals surface area contributed by atoms with Crippen molar-refractivity contribution in [2.45, 2.75) is 32.9 Å². The van der Waals surface area contributed by atoms with Crippen molar-refractivity contribution >= 4 is 17.5 Å². The number of halogens is 1. The van der Waals surface area contributed by atoms with Crippen LogP contribution < -0.4 is 4.90 Å². The van der Waals surface area contributed by atoms with E-state index in [1.54, 1.807) is 4.90 Å². The number of amides is 1. The average Bonchev–Trinajstić information content (AvgIpc) is 2.67. The van der Waals surface area contributed by atoms with Crippen molar-refractivity contribution in [2.24, 2.45) is 5.92 Å². The summed E-state index contributed by atoms with van der Waals surface area (Å²) in [6, 6.07) is 18.4. The number of carbonyl (C=O) groups is 1. The molecule has 0 spiro atoms. The fourth-order valence-corrected chi connectivity index (χ4v) is 4.01. The first-order valence-electron chi connectivity index (χ1n) is 9.56. The molecule has 1 fully saturated rings. The van der Waals surface area contributed by atoms with E-state index in [9.17, 15) is 4.79 Å². The molecule has 1 heterocycles. The van der Waals surface area contributed by atoms with Gasteiger partial charge in [0, 0.05) is 42.4 Å². The van der Waals surface area contributed by atoms with Crippen LogP contribution in [0.25, 0.3) is 0 Å². The van der Waals surface area contributed by atoms with Gasteiger partial charge in [0.15, 0.2) is 0 Å². The van der Waals surface area contributed by atoms with E-state index in [4.69, 9.17) is 11.6 Å². The van der Waals surface area contributed by atoms with Gasteiger partial charge < -0.3 is 9.80 Å². The number of carbonyl (C=O) groups excluding carboxylic acids is 1. The number of nitrogens with zero attached hydrogens (tertiary/aromatic N) is 1. The third kappa shape index (κ3) is 5.09. The second-order valence-corrected chi connectivity index (χ2v) is 7.61. The number of hydrogen-bond donors (Lipinski definition) is 1. The van der Waals surface area contributed by atoms with Crippen LogP contribution in [0.5, 0.6) is 0 Å². The average molecular weight is 372 g/mol. The summed E-state index contributed by atoms with van der Waals surface area (Å²) in [5.74, 6) is 0.486. The molecule has 4 heteroatoms. The van der Waals surface area contributed by atoms with Crippen LogP contribution in [0.4, 0.5) is 0 Å². The number of rotatable bonds is 6. The third-order valence-electron chi connectivity index (χ3n) is 5.29. The van der Waals surface area contributed by atoms with Crippen molar-refractivity contribution in [1.82, 2.24) is 4.90 Å². The monoisotopic (exact) mass is 371 g/mol. The highest BCUT2D eigenvalue weighted by Gasteiger charge is 2.30. The second kappa shape index (κ2) is 9.20. The fraction of sp³-hybridized carbons (Fsp3) is 0.409. The summed E-state index contributed by atoms with van der Waals surface area (Å²) in [4.78, 5) is 16.5. The van der Waals surface area contributed by atoms with Gasteiger partial charge in [-0.1, -0.05) is 54.1 Å². The van der Waals surface area contributed by atoms with E-state index < -0.39 is 0 Å². The maximum absolute atomic E-state index is 12.9. The Morgan fingerprint density at radius 2 is 1.77 bits per heavy atom. The molecule has 1 saturated heterocycles. The summed E-state index contributed by atoms with van der Waals surface area (Å²) >= 11 is 6.09. The molecule has 0 radical (unpaired) electrons. The molecule has 0 saturated carbocycles. The zero-order valence-electron chi connectivity index (χ0n) is 15.5. The minimum Gasteiger partial charge on any atom is -0.338 e. The van der Waals surface area contributed by atoms with Crippen LogP contribution in [0.1, 0.15) is 30.9 Å². The van der Waals surface area contributed by atoms with Gasteiger partial charge in [0.25, 0.3) is 0 Å². The van der Waals surface area contributed by atoms with E-state index in [0.29, 0.717) is 12.5 Å². The van der Waals surface area contributed by atoms with Crippen molar-refractivity contribution in [3.63, 3.8) is 0 Å². The molecule has 1 amide bonds. The van der Waals surface area contributed by atoms with Gasteiger partial charge in [-0.25, -0.2) is 0 Å². The van der Waals surface area contributed by atoms with E-state index >= 15 is 0 Å². The van der Waals surface area contributed by atoms with Gasteiger partial charge >= 0.3 is 0 Å². The molecule has 3 nitrogen and oxygen atoms in total. The largest absolute Gasteiger partial charge is 0.338 e. The van der Waals surface area contributed by atoms with Gasteiger partial charge in [0.05, 0.1) is 13.1 Å². The predicted molar refractivity (Wildman–Crippen MR) is 106 cm³/mol. The van der Waals surface area contributed by atoms with Crippen LogP contribution in [0.3, 0.4) is 0 Å². The highest BCUT2D eigenvalue weighted by Crippen LogP contribution is 2.16. The molecule has 1 aliphatic rings. The Morgan fingerprint density at radius 1 is 1.08 bits per heavy atom. The van der Waals surface area contributed by atoms with Gasteiger partial charge in [-0.15, -0.1) is 0 Å². The normalized spacial score (nSPS) is 19.9. The standard InChI is InChI=1S/C22H27ClN2O/c1-2-25(17-18-7-4-3-5-8-18)22(26)20-11-13-24(14-12-20)16-19-9-6-10-21(23)15-19/h3-10,15,20H,2,11-14,16-17H2,1H3/p+1.